The standard InChI is InChI=1S/C16H23ClN2O2/c1-16(2,13-3-5-14(17)6-4-13)15(20)18-7-8-19-9-11-21-12-10-19/h3-6H,7-12H2,1-2H3,(H,18,20). The molecular weight excluding hydrogens is 288 g/mol. The summed E-state index contributed by atoms with van der Waals surface area (Å²) in [5.74, 6) is 0.0399. The Bertz CT molecular complexity index is 468. The van der Waals surface area contributed by atoms with Crippen molar-refractivity contribution >= 4 is 17.5 Å². The first kappa shape index (κ1) is 16.3. The Morgan fingerprint density at radius 1 is 1.29 bits per heavy atom. The van der Waals surface area contributed by atoms with Crippen LogP contribution in [0.2, 0.25) is 5.02 Å². The lowest BCUT2D eigenvalue weighted by molar-refractivity contribution is -0.125. The predicted octanol–water partition coefficient (Wildman–Crippen LogP) is 2.07. The minimum atomic E-state index is -0.560. The summed E-state index contributed by atoms with van der Waals surface area (Å²) in [6.07, 6.45) is 0. The van der Waals surface area contributed by atoms with E-state index in [0.717, 1.165) is 38.4 Å². The summed E-state index contributed by atoms with van der Waals surface area (Å²) >= 11 is 5.89. The van der Waals surface area contributed by atoms with Crippen LogP contribution in [-0.4, -0.2) is 50.2 Å². The minimum absolute atomic E-state index is 0.0399. The van der Waals surface area contributed by atoms with Crippen molar-refractivity contribution in [3.63, 3.8) is 0 Å². The number of carbonyl (C=O) groups is 1. The molecule has 1 saturated heterocycles. The number of amides is 1. The van der Waals surface area contributed by atoms with Gasteiger partial charge in [0.2, 0.25) is 5.91 Å². The van der Waals surface area contributed by atoms with E-state index in [9.17, 15) is 4.79 Å². The maximum atomic E-state index is 12.4. The van der Waals surface area contributed by atoms with Crippen LogP contribution in [0.5, 0.6) is 0 Å². The second-order valence-electron chi connectivity index (χ2n) is 5.84. The van der Waals surface area contributed by atoms with Crippen molar-refractivity contribution in [1.82, 2.24) is 10.2 Å². The van der Waals surface area contributed by atoms with E-state index in [-0.39, 0.29) is 5.91 Å². The molecule has 116 valence electrons. The first-order valence-electron chi connectivity index (χ1n) is 7.34. The number of ether oxygens (including phenoxy) is 1. The number of morpholine rings is 1. The molecule has 0 unspecified atom stereocenters. The number of benzene rings is 1. The van der Waals surface area contributed by atoms with E-state index in [1.54, 1.807) is 0 Å². The van der Waals surface area contributed by atoms with Crippen molar-refractivity contribution in [3.8, 4) is 0 Å². The first-order chi connectivity index (χ1) is 10.00. The van der Waals surface area contributed by atoms with Crippen LogP contribution in [0, 0.1) is 0 Å². The molecule has 1 N–H and O–H groups in total. The molecule has 1 heterocycles. The highest BCUT2D eigenvalue weighted by Gasteiger charge is 2.29. The fourth-order valence-electron chi connectivity index (χ4n) is 2.37. The molecule has 21 heavy (non-hydrogen) atoms. The van der Waals surface area contributed by atoms with Gasteiger partial charge in [-0.2, -0.15) is 0 Å². The van der Waals surface area contributed by atoms with Gasteiger partial charge in [-0.1, -0.05) is 23.7 Å². The summed E-state index contributed by atoms with van der Waals surface area (Å²) in [5.41, 5.74) is 0.408. The van der Waals surface area contributed by atoms with Crippen LogP contribution in [-0.2, 0) is 14.9 Å². The predicted molar refractivity (Wildman–Crippen MR) is 84.7 cm³/mol. The Labute approximate surface area is 131 Å². The minimum Gasteiger partial charge on any atom is -0.379 e. The number of hydrogen-bond donors (Lipinski definition) is 1. The summed E-state index contributed by atoms with van der Waals surface area (Å²) < 4.78 is 5.31. The van der Waals surface area contributed by atoms with Gasteiger partial charge >= 0.3 is 0 Å². The molecule has 5 heteroatoms. The highest BCUT2D eigenvalue weighted by Crippen LogP contribution is 2.24. The molecule has 1 amide bonds. The van der Waals surface area contributed by atoms with E-state index in [4.69, 9.17) is 16.3 Å². The fourth-order valence-corrected chi connectivity index (χ4v) is 2.50. The third-order valence-electron chi connectivity index (χ3n) is 3.95. The van der Waals surface area contributed by atoms with Gasteiger partial charge in [0, 0.05) is 31.2 Å². The van der Waals surface area contributed by atoms with Gasteiger partial charge in [-0.25, -0.2) is 0 Å². The average Bonchev–Trinajstić information content (AvgIpc) is 2.48. The van der Waals surface area contributed by atoms with Crippen LogP contribution in [0.4, 0.5) is 0 Å². The molecule has 1 aliphatic rings. The molecule has 0 atom stereocenters. The zero-order valence-corrected chi connectivity index (χ0v) is 13.4. The van der Waals surface area contributed by atoms with Gasteiger partial charge in [0.15, 0.2) is 0 Å². The number of halogens is 1. The average molecular weight is 311 g/mol. The van der Waals surface area contributed by atoms with Crippen molar-refractivity contribution in [3.05, 3.63) is 34.9 Å². The maximum Gasteiger partial charge on any atom is 0.230 e. The van der Waals surface area contributed by atoms with Gasteiger partial charge in [-0.15, -0.1) is 0 Å². The third kappa shape index (κ3) is 4.43. The molecule has 2 rings (SSSR count). The Balaban J connectivity index is 1.84. The van der Waals surface area contributed by atoms with Gasteiger partial charge in [-0.3, -0.25) is 9.69 Å². The zero-order valence-electron chi connectivity index (χ0n) is 12.7. The number of nitrogens with one attached hydrogen (secondary N) is 1. The normalized spacial score (nSPS) is 16.7. The van der Waals surface area contributed by atoms with Crippen LogP contribution in [0.25, 0.3) is 0 Å². The summed E-state index contributed by atoms with van der Waals surface area (Å²) in [6, 6.07) is 7.45. The van der Waals surface area contributed by atoms with Gasteiger partial charge in [0.1, 0.15) is 0 Å². The number of rotatable bonds is 5. The molecule has 1 aliphatic heterocycles. The van der Waals surface area contributed by atoms with E-state index in [1.807, 2.05) is 38.1 Å². The molecule has 1 aromatic rings. The molecule has 0 aliphatic carbocycles. The highest BCUT2D eigenvalue weighted by molar-refractivity contribution is 6.30. The number of carbonyl (C=O) groups excluding carboxylic acids is 1. The van der Waals surface area contributed by atoms with E-state index >= 15 is 0 Å². The Kier molecular flexibility index (Phi) is 5.62. The Morgan fingerprint density at radius 3 is 2.52 bits per heavy atom. The maximum absolute atomic E-state index is 12.4. The second-order valence-corrected chi connectivity index (χ2v) is 6.28. The van der Waals surface area contributed by atoms with Crippen molar-refractivity contribution in [1.29, 1.82) is 0 Å². The molecule has 0 radical (unpaired) electrons. The SMILES string of the molecule is CC(C)(C(=O)NCCN1CCOCC1)c1ccc(Cl)cc1. The largest absolute Gasteiger partial charge is 0.379 e. The zero-order chi connectivity index (χ0) is 15.3. The van der Waals surface area contributed by atoms with Gasteiger partial charge in [0.25, 0.3) is 0 Å². The monoisotopic (exact) mass is 310 g/mol. The Hall–Kier alpha value is -1.10. The van der Waals surface area contributed by atoms with Gasteiger partial charge in [0.05, 0.1) is 18.6 Å². The second kappa shape index (κ2) is 7.25. The van der Waals surface area contributed by atoms with Gasteiger partial charge < -0.3 is 10.1 Å². The topological polar surface area (TPSA) is 41.6 Å². The highest BCUT2D eigenvalue weighted by atomic mass is 35.5. The van der Waals surface area contributed by atoms with Crippen LogP contribution >= 0.6 is 11.6 Å². The van der Waals surface area contributed by atoms with Crippen molar-refractivity contribution in [2.45, 2.75) is 19.3 Å². The van der Waals surface area contributed by atoms with Crippen molar-refractivity contribution < 1.29 is 9.53 Å². The molecule has 1 fully saturated rings. The lowest BCUT2D eigenvalue weighted by atomic mass is 9.84. The molecule has 4 nitrogen and oxygen atoms in total. The first-order valence-corrected chi connectivity index (χ1v) is 7.72. The lowest BCUT2D eigenvalue weighted by Crippen LogP contribution is -2.45. The van der Waals surface area contributed by atoms with Crippen LogP contribution in [0.15, 0.2) is 24.3 Å². The quantitative estimate of drug-likeness (QED) is 0.905. The number of hydrogen-bond acceptors (Lipinski definition) is 3. The smallest absolute Gasteiger partial charge is 0.230 e. The van der Waals surface area contributed by atoms with Crippen molar-refractivity contribution in [2.24, 2.45) is 0 Å². The van der Waals surface area contributed by atoms with Crippen LogP contribution < -0.4 is 5.32 Å². The molecule has 1 aromatic carbocycles. The summed E-state index contributed by atoms with van der Waals surface area (Å²) in [5, 5.41) is 3.71. The molecule has 0 bridgehead atoms. The van der Waals surface area contributed by atoms with E-state index in [0.29, 0.717) is 11.6 Å². The molecule has 0 saturated carbocycles. The summed E-state index contributed by atoms with van der Waals surface area (Å²) in [4.78, 5) is 14.7. The summed E-state index contributed by atoms with van der Waals surface area (Å²) in [7, 11) is 0. The van der Waals surface area contributed by atoms with E-state index < -0.39 is 5.41 Å². The third-order valence-corrected chi connectivity index (χ3v) is 4.20. The van der Waals surface area contributed by atoms with Gasteiger partial charge in [-0.05, 0) is 31.5 Å². The van der Waals surface area contributed by atoms with Crippen LogP contribution in [0.3, 0.4) is 0 Å². The molecule has 0 spiro atoms. The van der Waals surface area contributed by atoms with Crippen LogP contribution in [0.1, 0.15) is 19.4 Å². The van der Waals surface area contributed by atoms with E-state index in [1.165, 1.54) is 0 Å². The fraction of sp³-hybridized carbons (Fsp3) is 0.562. The lowest BCUT2D eigenvalue weighted by Gasteiger charge is -2.28. The summed E-state index contributed by atoms with van der Waals surface area (Å²) in [6.45, 7) is 8.84. The Morgan fingerprint density at radius 2 is 1.90 bits per heavy atom. The van der Waals surface area contributed by atoms with Crippen molar-refractivity contribution in [2.75, 3.05) is 39.4 Å². The molecule has 0 aromatic heterocycles. The number of nitrogens with zero attached hydrogens (tertiary/aromatic N) is 1. The molecular formula is C16H23ClN2O2. The van der Waals surface area contributed by atoms with E-state index in [2.05, 4.69) is 10.2 Å².